The maximum Gasteiger partial charge on any atom is 0.134 e. The molecule has 0 fully saturated rings. The van der Waals surface area contributed by atoms with Gasteiger partial charge in [-0.1, -0.05) is 24.3 Å². The summed E-state index contributed by atoms with van der Waals surface area (Å²) in [6, 6.07) is 10.6. The van der Waals surface area contributed by atoms with Gasteiger partial charge in [0.2, 0.25) is 0 Å². The third-order valence-electron chi connectivity index (χ3n) is 3.45. The van der Waals surface area contributed by atoms with Gasteiger partial charge in [0.15, 0.2) is 0 Å². The van der Waals surface area contributed by atoms with Gasteiger partial charge in [0.1, 0.15) is 11.6 Å². The predicted octanol–water partition coefficient (Wildman–Crippen LogP) is 2.79. The van der Waals surface area contributed by atoms with Gasteiger partial charge in [-0.05, 0) is 37.0 Å². The zero-order chi connectivity index (χ0) is 12.4. The molecule has 1 aliphatic carbocycles. The van der Waals surface area contributed by atoms with Gasteiger partial charge in [0, 0.05) is 18.7 Å². The first-order chi connectivity index (χ1) is 8.86. The molecular weight excluding hydrogens is 222 g/mol. The standard InChI is InChI=1S/C15H17N3/c1-2-16-14-7-8-17-15(18-14)13-9-11-5-3-4-6-12(11)10-13/h3-8,13H,2,9-10H2,1H3,(H,16,17,18). The molecule has 0 saturated carbocycles. The van der Waals surface area contributed by atoms with Crippen molar-refractivity contribution in [2.45, 2.75) is 25.7 Å². The second-order valence-electron chi connectivity index (χ2n) is 4.70. The van der Waals surface area contributed by atoms with Gasteiger partial charge in [-0.15, -0.1) is 0 Å². The minimum absolute atomic E-state index is 0.431. The molecule has 1 aromatic carbocycles. The van der Waals surface area contributed by atoms with Crippen LogP contribution >= 0.6 is 0 Å². The fraction of sp³-hybridized carbons (Fsp3) is 0.333. The quantitative estimate of drug-likeness (QED) is 0.895. The zero-order valence-corrected chi connectivity index (χ0v) is 10.6. The number of nitrogens with zero attached hydrogens (tertiary/aromatic N) is 2. The lowest BCUT2D eigenvalue weighted by atomic mass is 10.1. The van der Waals surface area contributed by atoms with Crippen molar-refractivity contribution < 1.29 is 0 Å². The van der Waals surface area contributed by atoms with Crippen LogP contribution in [0.15, 0.2) is 36.5 Å². The summed E-state index contributed by atoms with van der Waals surface area (Å²) in [6.07, 6.45) is 3.97. The van der Waals surface area contributed by atoms with Crippen LogP contribution in [0.1, 0.15) is 29.8 Å². The summed E-state index contributed by atoms with van der Waals surface area (Å²) >= 11 is 0. The molecule has 3 nitrogen and oxygen atoms in total. The second kappa shape index (κ2) is 4.77. The second-order valence-corrected chi connectivity index (χ2v) is 4.70. The lowest BCUT2D eigenvalue weighted by Crippen LogP contribution is -2.07. The van der Waals surface area contributed by atoms with Crippen LogP contribution in [0.5, 0.6) is 0 Å². The van der Waals surface area contributed by atoms with Crippen molar-refractivity contribution in [3.05, 3.63) is 53.5 Å². The first-order valence-electron chi connectivity index (χ1n) is 6.50. The van der Waals surface area contributed by atoms with Gasteiger partial charge in [-0.25, -0.2) is 9.97 Å². The van der Waals surface area contributed by atoms with Crippen molar-refractivity contribution in [3.8, 4) is 0 Å². The molecule has 92 valence electrons. The summed E-state index contributed by atoms with van der Waals surface area (Å²) in [5.74, 6) is 2.32. The Kier molecular flexibility index (Phi) is 2.97. The van der Waals surface area contributed by atoms with Crippen LogP contribution in [-0.4, -0.2) is 16.5 Å². The van der Waals surface area contributed by atoms with Crippen molar-refractivity contribution in [2.75, 3.05) is 11.9 Å². The Bertz CT molecular complexity index is 526. The van der Waals surface area contributed by atoms with Gasteiger partial charge in [-0.3, -0.25) is 0 Å². The van der Waals surface area contributed by atoms with Gasteiger partial charge in [-0.2, -0.15) is 0 Å². The Morgan fingerprint density at radius 1 is 1.17 bits per heavy atom. The Morgan fingerprint density at radius 3 is 2.56 bits per heavy atom. The van der Waals surface area contributed by atoms with E-state index in [1.165, 1.54) is 11.1 Å². The minimum atomic E-state index is 0.431. The smallest absolute Gasteiger partial charge is 0.134 e. The number of aromatic nitrogens is 2. The summed E-state index contributed by atoms with van der Waals surface area (Å²) in [4.78, 5) is 9.04. The molecule has 0 saturated heterocycles. The molecule has 0 spiro atoms. The highest BCUT2D eigenvalue weighted by Gasteiger charge is 2.24. The topological polar surface area (TPSA) is 37.8 Å². The van der Waals surface area contributed by atoms with Crippen LogP contribution in [0.3, 0.4) is 0 Å². The third kappa shape index (κ3) is 2.08. The molecule has 0 atom stereocenters. The van der Waals surface area contributed by atoms with E-state index < -0.39 is 0 Å². The Morgan fingerprint density at radius 2 is 1.89 bits per heavy atom. The van der Waals surface area contributed by atoms with Crippen molar-refractivity contribution in [3.63, 3.8) is 0 Å². The minimum Gasteiger partial charge on any atom is -0.370 e. The average molecular weight is 239 g/mol. The van der Waals surface area contributed by atoms with Gasteiger partial charge < -0.3 is 5.32 Å². The van der Waals surface area contributed by atoms with Crippen LogP contribution in [0.25, 0.3) is 0 Å². The van der Waals surface area contributed by atoms with E-state index >= 15 is 0 Å². The number of anilines is 1. The normalized spacial score (nSPS) is 14.5. The van der Waals surface area contributed by atoms with Crippen LogP contribution in [0.2, 0.25) is 0 Å². The summed E-state index contributed by atoms with van der Waals surface area (Å²) in [7, 11) is 0. The lowest BCUT2D eigenvalue weighted by Gasteiger charge is -2.09. The highest BCUT2D eigenvalue weighted by molar-refractivity contribution is 5.37. The molecule has 2 aromatic rings. The van der Waals surface area contributed by atoms with E-state index in [4.69, 9.17) is 0 Å². The number of nitrogens with one attached hydrogen (secondary N) is 1. The number of hydrogen-bond donors (Lipinski definition) is 1. The molecule has 0 radical (unpaired) electrons. The average Bonchev–Trinajstić information content (AvgIpc) is 2.83. The molecule has 1 aliphatic rings. The SMILES string of the molecule is CCNc1ccnc(C2Cc3ccccc3C2)n1. The zero-order valence-electron chi connectivity index (χ0n) is 10.6. The molecule has 18 heavy (non-hydrogen) atoms. The maximum absolute atomic E-state index is 4.61. The van der Waals surface area contributed by atoms with Crippen molar-refractivity contribution in [2.24, 2.45) is 0 Å². The van der Waals surface area contributed by atoms with E-state index in [2.05, 4.69) is 46.5 Å². The molecular formula is C15H17N3. The maximum atomic E-state index is 4.61. The Hall–Kier alpha value is -1.90. The van der Waals surface area contributed by atoms with Crippen molar-refractivity contribution in [1.29, 1.82) is 0 Å². The number of rotatable bonds is 3. The molecule has 3 heteroatoms. The summed E-state index contributed by atoms with van der Waals surface area (Å²) < 4.78 is 0. The molecule has 0 unspecified atom stereocenters. The van der Waals surface area contributed by atoms with Crippen LogP contribution in [-0.2, 0) is 12.8 Å². The largest absolute Gasteiger partial charge is 0.370 e. The van der Waals surface area contributed by atoms with Crippen LogP contribution in [0.4, 0.5) is 5.82 Å². The van der Waals surface area contributed by atoms with E-state index in [1.807, 2.05) is 12.3 Å². The van der Waals surface area contributed by atoms with Crippen LogP contribution < -0.4 is 5.32 Å². The Labute approximate surface area is 107 Å². The molecule has 3 rings (SSSR count). The van der Waals surface area contributed by atoms with E-state index in [0.29, 0.717) is 5.92 Å². The van der Waals surface area contributed by atoms with E-state index in [0.717, 1.165) is 31.0 Å². The van der Waals surface area contributed by atoms with Crippen molar-refractivity contribution in [1.82, 2.24) is 9.97 Å². The number of hydrogen-bond acceptors (Lipinski definition) is 3. The fourth-order valence-corrected chi connectivity index (χ4v) is 2.59. The van der Waals surface area contributed by atoms with Crippen LogP contribution in [0, 0.1) is 0 Å². The monoisotopic (exact) mass is 239 g/mol. The predicted molar refractivity (Wildman–Crippen MR) is 72.8 cm³/mol. The van der Waals surface area contributed by atoms with Gasteiger partial charge in [0.05, 0.1) is 0 Å². The highest BCUT2D eigenvalue weighted by Crippen LogP contribution is 2.32. The van der Waals surface area contributed by atoms with E-state index in [-0.39, 0.29) is 0 Å². The van der Waals surface area contributed by atoms with Gasteiger partial charge in [0.25, 0.3) is 0 Å². The van der Waals surface area contributed by atoms with Crippen molar-refractivity contribution >= 4 is 5.82 Å². The number of benzene rings is 1. The third-order valence-corrected chi connectivity index (χ3v) is 3.45. The summed E-state index contributed by atoms with van der Waals surface area (Å²) in [5, 5.41) is 3.24. The molecule has 0 aliphatic heterocycles. The molecule has 0 amide bonds. The molecule has 1 aromatic heterocycles. The molecule has 1 N–H and O–H groups in total. The van der Waals surface area contributed by atoms with E-state index in [9.17, 15) is 0 Å². The first-order valence-corrected chi connectivity index (χ1v) is 6.50. The number of fused-ring (bicyclic) bond motifs is 1. The van der Waals surface area contributed by atoms with Gasteiger partial charge >= 0.3 is 0 Å². The summed E-state index contributed by atoms with van der Waals surface area (Å²) in [5.41, 5.74) is 2.89. The Balaban J connectivity index is 1.83. The lowest BCUT2D eigenvalue weighted by molar-refractivity contribution is 0.683. The molecule has 1 heterocycles. The highest BCUT2D eigenvalue weighted by atomic mass is 15.0. The fourth-order valence-electron chi connectivity index (χ4n) is 2.59. The van der Waals surface area contributed by atoms with E-state index in [1.54, 1.807) is 0 Å². The first kappa shape index (κ1) is 11.2. The molecule has 0 bridgehead atoms. The summed E-state index contributed by atoms with van der Waals surface area (Å²) in [6.45, 7) is 2.97.